The van der Waals surface area contributed by atoms with E-state index in [2.05, 4.69) is 20.6 Å². The van der Waals surface area contributed by atoms with Crippen LogP contribution in [0.4, 0.5) is 5.82 Å². The Morgan fingerprint density at radius 3 is 2.53 bits per heavy atom. The summed E-state index contributed by atoms with van der Waals surface area (Å²) in [7, 11) is 0. The largest absolute Gasteiger partial charge is 0.465 e. The van der Waals surface area contributed by atoms with Gasteiger partial charge in [0.05, 0.1) is 30.7 Å². The fourth-order valence-corrected chi connectivity index (χ4v) is 4.75. The van der Waals surface area contributed by atoms with Crippen LogP contribution in [0.2, 0.25) is 0 Å². The first kappa shape index (κ1) is 19.1. The topological polar surface area (TPSA) is 67.4 Å². The van der Waals surface area contributed by atoms with Gasteiger partial charge in [-0.3, -0.25) is 19.6 Å². The normalized spacial score (nSPS) is 18.7. The first-order valence-corrected chi connectivity index (χ1v) is 10.6. The molecule has 0 aromatic carbocycles. The van der Waals surface area contributed by atoms with Crippen molar-refractivity contribution in [2.75, 3.05) is 18.0 Å². The fourth-order valence-electron chi connectivity index (χ4n) is 4.75. The summed E-state index contributed by atoms with van der Waals surface area (Å²) in [6.45, 7) is 7.19. The van der Waals surface area contributed by atoms with E-state index in [0.717, 1.165) is 61.1 Å². The van der Waals surface area contributed by atoms with Gasteiger partial charge in [0, 0.05) is 31.5 Å². The van der Waals surface area contributed by atoms with Crippen molar-refractivity contribution < 1.29 is 9.21 Å². The highest BCUT2D eigenvalue weighted by molar-refractivity contribution is 5.94. The van der Waals surface area contributed by atoms with E-state index in [9.17, 15) is 4.79 Å². The van der Waals surface area contributed by atoms with E-state index < -0.39 is 0 Å². The summed E-state index contributed by atoms with van der Waals surface area (Å²) >= 11 is 0. The number of pyridine rings is 1. The van der Waals surface area contributed by atoms with E-state index in [1.54, 1.807) is 12.4 Å². The van der Waals surface area contributed by atoms with E-state index in [1.165, 1.54) is 0 Å². The van der Waals surface area contributed by atoms with Crippen LogP contribution in [-0.2, 0) is 23.4 Å². The summed E-state index contributed by atoms with van der Waals surface area (Å²) in [6.07, 6.45) is 5.86. The van der Waals surface area contributed by atoms with Crippen molar-refractivity contribution in [2.24, 2.45) is 0 Å². The van der Waals surface area contributed by atoms with Crippen LogP contribution in [-0.4, -0.2) is 38.7 Å². The zero-order valence-electron chi connectivity index (χ0n) is 17.5. The Bertz CT molecular complexity index is 1050. The Labute approximate surface area is 176 Å². The molecule has 0 atom stereocenters. The predicted octanol–water partition coefficient (Wildman–Crippen LogP) is 3.42. The molecule has 0 radical (unpaired) electrons. The first-order chi connectivity index (χ1) is 14.5. The standard InChI is InChI=1S/C23H27N5O2/c1-17-13-21-27(15-19-5-9-24-10-6-19)22(29)14-23(28(21)25-17)7-11-26(12-8-23)16-20-4-3-18(2)30-20/h3-6,9-10,13H,7-8,11-12,14-16H2,1-2H3. The average Bonchev–Trinajstić information content (AvgIpc) is 3.33. The first-order valence-electron chi connectivity index (χ1n) is 10.6. The summed E-state index contributed by atoms with van der Waals surface area (Å²) in [6, 6.07) is 10.0. The number of hydrogen-bond donors (Lipinski definition) is 0. The number of carbonyl (C=O) groups excluding carboxylic acids is 1. The van der Waals surface area contributed by atoms with Gasteiger partial charge >= 0.3 is 0 Å². The number of aromatic nitrogens is 3. The second-order valence-corrected chi connectivity index (χ2v) is 8.58. The number of rotatable bonds is 4. The van der Waals surface area contributed by atoms with Crippen LogP contribution in [0.15, 0.2) is 47.1 Å². The van der Waals surface area contributed by atoms with Crippen LogP contribution in [0.25, 0.3) is 0 Å². The van der Waals surface area contributed by atoms with Gasteiger partial charge in [-0.1, -0.05) is 0 Å². The minimum absolute atomic E-state index is 0.175. The number of carbonyl (C=O) groups is 1. The summed E-state index contributed by atoms with van der Waals surface area (Å²) < 4.78 is 7.88. The fraction of sp³-hybridized carbons (Fsp3) is 0.435. The van der Waals surface area contributed by atoms with Gasteiger partial charge in [-0.25, -0.2) is 4.68 Å². The quantitative estimate of drug-likeness (QED) is 0.665. The van der Waals surface area contributed by atoms with Gasteiger partial charge in [-0.05, 0) is 56.5 Å². The highest BCUT2D eigenvalue weighted by atomic mass is 16.3. The van der Waals surface area contributed by atoms with Crippen molar-refractivity contribution in [1.29, 1.82) is 0 Å². The van der Waals surface area contributed by atoms with Crippen molar-refractivity contribution in [3.63, 3.8) is 0 Å². The Balaban J connectivity index is 1.37. The SMILES string of the molecule is Cc1cc2n(n1)C1(CCN(Cc3ccc(C)o3)CC1)CC(=O)N2Cc1ccncc1. The summed E-state index contributed by atoms with van der Waals surface area (Å²) in [4.78, 5) is 21.6. The second-order valence-electron chi connectivity index (χ2n) is 8.58. The average molecular weight is 406 g/mol. The summed E-state index contributed by atoms with van der Waals surface area (Å²) in [5.74, 6) is 3.04. The number of piperidine rings is 1. The molecular weight excluding hydrogens is 378 g/mol. The third kappa shape index (κ3) is 3.43. The van der Waals surface area contributed by atoms with E-state index in [0.29, 0.717) is 13.0 Å². The molecule has 7 heteroatoms. The van der Waals surface area contributed by atoms with Gasteiger partial charge in [-0.15, -0.1) is 0 Å². The third-order valence-corrected chi connectivity index (χ3v) is 6.37. The van der Waals surface area contributed by atoms with Crippen LogP contribution < -0.4 is 4.90 Å². The lowest BCUT2D eigenvalue weighted by molar-refractivity contribution is -0.123. The number of fused-ring (bicyclic) bond motifs is 2. The summed E-state index contributed by atoms with van der Waals surface area (Å²) in [5.41, 5.74) is 1.79. The molecule has 0 bridgehead atoms. The number of furan rings is 1. The summed E-state index contributed by atoms with van der Waals surface area (Å²) in [5, 5.41) is 4.84. The van der Waals surface area contributed by atoms with Gasteiger partial charge in [0.1, 0.15) is 17.3 Å². The molecule has 156 valence electrons. The second kappa shape index (κ2) is 7.40. The molecule has 5 rings (SSSR count). The molecule has 3 aromatic rings. The maximum Gasteiger partial charge on any atom is 0.230 e. The van der Waals surface area contributed by atoms with E-state index >= 15 is 0 Å². The lowest BCUT2D eigenvalue weighted by atomic mass is 9.82. The van der Waals surface area contributed by atoms with E-state index in [4.69, 9.17) is 9.52 Å². The molecule has 0 unspecified atom stereocenters. The van der Waals surface area contributed by atoms with Gasteiger partial charge < -0.3 is 4.42 Å². The molecule has 0 N–H and O–H groups in total. The van der Waals surface area contributed by atoms with Crippen LogP contribution in [0.1, 0.15) is 42.0 Å². The molecular formula is C23H27N5O2. The number of nitrogens with zero attached hydrogens (tertiary/aromatic N) is 5. The van der Waals surface area contributed by atoms with Crippen molar-refractivity contribution >= 4 is 11.7 Å². The van der Waals surface area contributed by atoms with Crippen LogP contribution in [0, 0.1) is 13.8 Å². The van der Waals surface area contributed by atoms with Gasteiger partial charge in [0.25, 0.3) is 0 Å². The molecule has 30 heavy (non-hydrogen) atoms. The molecule has 5 heterocycles. The zero-order valence-corrected chi connectivity index (χ0v) is 17.5. The molecule has 1 saturated heterocycles. The molecule has 1 amide bonds. The number of likely N-dealkylation sites (tertiary alicyclic amines) is 1. The molecule has 7 nitrogen and oxygen atoms in total. The minimum atomic E-state index is -0.231. The zero-order chi connectivity index (χ0) is 20.7. The van der Waals surface area contributed by atoms with Crippen molar-refractivity contribution in [3.8, 4) is 0 Å². The minimum Gasteiger partial charge on any atom is -0.465 e. The van der Waals surface area contributed by atoms with Crippen molar-refractivity contribution in [1.82, 2.24) is 19.7 Å². The van der Waals surface area contributed by atoms with Crippen LogP contribution in [0.5, 0.6) is 0 Å². The molecule has 2 aliphatic rings. The van der Waals surface area contributed by atoms with E-state index in [-0.39, 0.29) is 11.4 Å². The van der Waals surface area contributed by atoms with Crippen LogP contribution >= 0.6 is 0 Å². The number of anilines is 1. The molecule has 1 spiro atoms. The highest BCUT2D eigenvalue weighted by Gasteiger charge is 2.46. The van der Waals surface area contributed by atoms with Gasteiger partial charge in [0.15, 0.2) is 0 Å². The Hall–Kier alpha value is -2.93. The molecule has 3 aromatic heterocycles. The maximum absolute atomic E-state index is 13.3. The monoisotopic (exact) mass is 405 g/mol. The van der Waals surface area contributed by atoms with E-state index in [1.807, 2.05) is 43.0 Å². The van der Waals surface area contributed by atoms with Crippen molar-refractivity contribution in [2.45, 2.75) is 51.7 Å². The highest BCUT2D eigenvalue weighted by Crippen LogP contribution is 2.42. The Morgan fingerprint density at radius 1 is 1.07 bits per heavy atom. The Morgan fingerprint density at radius 2 is 1.83 bits per heavy atom. The van der Waals surface area contributed by atoms with Gasteiger partial charge in [-0.2, -0.15) is 5.10 Å². The molecule has 0 saturated carbocycles. The number of amides is 1. The third-order valence-electron chi connectivity index (χ3n) is 6.37. The molecule has 2 aliphatic heterocycles. The molecule has 0 aliphatic carbocycles. The maximum atomic E-state index is 13.3. The molecule has 1 fully saturated rings. The van der Waals surface area contributed by atoms with Crippen LogP contribution in [0.3, 0.4) is 0 Å². The smallest absolute Gasteiger partial charge is 0.230 e. The van der Waals surface area contributed by atoms with Crippen molar-refractivity contribution in [3.05, 3.63) is 65.5 Å². The Kier molecular flexibility index (Phi) is 4.70. The lowest BCUT2D eigenvalue weighted by Gasteiger charge is -2.46. The number of aryl methyl sites for hydroxylation is 2. The predicted molar refractivity (Wildman–Crippen MR) is 113 cm³/mol. The van der Waals surface area contributed by atoms with Gasteiger partial charge in [0.2, 0.25) is 5.91 Å². The number of hydrogen-bond acceptors (Lipinski definition) is 5. The lowest BCUT2D eigenvalue weighted by Crippen LogP contribution is -2.53.